The summed E-state index contributed by atoms with van der Waals surface area (Å²) in [6.07, 6.45) is 2.76. The minimum absolute atomic E-state index is 0.0458. The Morgan fingerprint density at radius 3 is 2.89 bits per heavy atom. The van der Waals surface area contributed by atoms with Gasteiger partial charge in [0.15, 0.2) is 4.96 Å². The largest absolute Gasteiger partial charge is 0.326 e. The average Bonchev–Trinajstić information content (AvgIpc) is 3.24. The Balaban J connectivity index is 1.47. The van der Waals surface area contributed by atoms with E-state index in [9.17, 15) is 9.18 Å². The molecule has 0 radical (unpaired) electrons. The van der Waals surface area contributed by atoms with Gasteiger partial charge in [0.25, 0.3) is 0 Å². The van der Waals surface area contributed by atoms with Crippen molar-refractivity contribution in [3.63, 3.8) is 0 Å². The Labute approximate surface area is 174 Å². The van der Waals surface area contributed by atoms with Gasteiger partial charge in [-0.05, 0) is 49.2 Å². The number of thiazole rings is 1. The molecule has 1 amide bonds. The lowest BCUT2D eigenvalue weighted by Gasteiger charge is -2.07. The number of aryl methyl sites for hydroxylation is 2. The number of fused-ring (bicyclic) bond motifs is 1. The van der Waals surface area contributed by atoms with Crippen molar-refractivity contribution >= 4 is 43.8 Å². The van der Waals surface area contributed by atoms with Gasteiger partial charge < -0.3 is 5.32 Å². The first kappa shape index (κ1) is 18.8. The first-order valence-corrected chi connectivity index (χ1v) is 10.4. The number of nitrogens with zero attached hydrogens (tertiary/aromatic N) is 2. The van der Waals surface area contributed by atoms with Crippen LogP contribution in [-0.2, 0) is 11.2 Å². The first-order chi connectivity index (χ1) is 13.5. The highest BCUT2D eigenvalue weighted by atomic mass is 79.9. The van der Waals surface area contributed by atoms with Crippen LogP contribution in [0.15, 0.2) is 58.5 Å². The van der Waals surface area contributed by atoms with Crippen molar-refractivity contribution in [2.75, 3.05) is 5.32 Å². The molecule has 2 aromatic heterocycles. The number of amides is 1. The van der Waals surface area contributed by atoms with E-state index in [1.807, 2.05) is 41.1 Å². The molecule has 4 nitrogen and oxygen atoms in total. The molecule has 7 heteroatoms. The highest BCUT2D eigenvalue weighted by molar-refractivity contribution is 9.10. The van der Waals surface area contributed by atoms with Gasteiger partial charge in [0.2, 0.25) is 5.91 Å². The third-order valence-electron chi connectivity index (χ3n) is 4.48. The van der Waals surface area contributed by atoms with Crippen molar-refractivity contribution in [2.24, 2.45) is 0 Å². The molecule has 142 valence electrons. The zero-order valence-corrected chi connectivity index (χ0v) is 17.5. The van der Waals surface area contributed by atoms with E-state index in [0.717, 1.165) is 26.4 Å². The maximum atomic E-state index is 14.0. The molecule has 4 aromatic rings. The monoisotopic (exact) mass is 457 g/mol. The van der Waals surface area contributed by atoms with Crippen LogP contribution in [0.25, 0.3) is 16.2 Å². The second-order valence-corrected chi connectivity index (χ2v) is 8.19. The molecule has 28 heavy (non-hydrogen) atoms. The topological polar surface area (TPSA) is 46.4 Å². The Kier molecular flexibility index (Phi) is 5.28. The van der Waals surface area contributed by atoms with Gasteiger partial charge in [0.05, 0.1) is 5.69 Å². The maximum Gasteiger partial charge on any atom is 0.224 e. The number of hydrogen-bond acceptors (Lipinski definition) is 3. The molecule has 0 fully saturated rings. The van der Waals surface area contributed by atoms with Crippen LogP contribution in [-0.4, -0.2) is 15.3 Å². The van der Waals surface area contributed by atoms with E-state index in [2.05, 4.69) is 26.2 Å². The fourth-order valence-corrected chi connectivity index (χ4v) is 4.15. The van der Waals surface area contributed by atoms with Crippen LogP contribution in [0.1, 0.15) is 17.7 Å². The van der Waals surface area contributed by atoms with Gasteiger partial charge in [-0.3, -0.25) is 9.20 Å². The SMILES string of the molecule is Cc1cc(NC(=O)CCc2csc3nc(-c4ccccc4F)cn23)ccc1Br. The maximum absolute atomic E-state index is 14.0. The van der Waals surface area contributed by atoms with Crippen molar-refractivity contribution in [1.82, 2.24) is 9.38 Å². The average molecular weight is 458 g/mol. The lowest BCUT2D eigenvalue weighted by atomic mass is 10.1. The van der Waals surface area contributed by atoms with Crippen LogP contribution in [0.3, 0.4) is 0 Å². The smallest absolute Gasteiger partial charge is 0.224 e. The lowest BCUT2D eigenvalue weighted by molar-refractivity contribution is -0.116. The third-order valence-corrected chi connectivity index (χ3v) is 6.26. The normalized spacial score (nSPS) is 11.1. The van der Waals surface area contributed by atoms with E-state index in [4.69, 9.17) is 0 Å². The highest BCUT2D eigenvalue weighted by Crippen LogP contribution is 2.26. The zero-order valence-electron chi connectivity index (χ0n) is 15.1. The van der Waals surface area contributed by atoms with Gasteiger partial charge >= 0.3 is 0 Å². The molecule has 0 saturated heterocycles. The molecule has 0 bridgehead atoms. The molecule has 0 spiro atoms. The van der Waals surface area contributed by atoms with Crippen molar-refractivity contribution in [3.05, 3.63) is 75.6 Å². The van der Waals surface area contributed by atoms with Crippen molar-refractivity contribution in [1.29, 1.82) is 0 Å². The lowest BCUT2D eigenvalue weighted by Crippen LogP contribution is -2.12. The van der Waals surface area contributed by atoms with Gasteiger partial charge in [-0.2, -0.15) is 0 Å². The summed E-state index contributed by atoms with van der Waals surface area (Å²) in [4.78, 5) is 17.6. The molecule has 0 aliphatic rings. The van der Waals surface area contributed by atoms with Crippen LogP contribution in [0.4, 0.5) is 10.1 Å². The van der Waals surface area contributed by atoms with E-state index < -0.39 is 0 Å². The van der Waals surface area contributed by atoms with Gasteiger partial charge in [0, 0.05) is 39.4 Å². The molecular formula is C21H17BrFN3OS. The molecule has 4 rings (SSSR count). The second-order valence-electron chi connectivity index (χ2n) is 6.50. The Morgan fingerprint density at radius 1 is 1.29 bits per heavy atom. The van der Waals surface area contributed by atoms with E-state index in [1.54, 1.807) is 18.2 Å². The van der Waals surface area contributed by atoms with Crippen LogP contribution >= 0.6 is 27.3 Å². The molecule has 0 aliphatic carbocycles. The van der Waals surface area contributed by atoms with Crippen molar-refractivity contribution in [2.45, 2.75) is 19.8 Å². The summed E-state index contributed by atoms with van der Waals surface area (Å²) in [5, 5.41) is 4.92. The van der Waals surface area contributed by atoms with E-state index in [1.165, 1.54) is 17.4 Å². The minimum Gasteiger partial charge on any atom is -0.326 e. The number of imidazole rings is 1. The Morgan fingerprint density at radius 2 is 2.11 bits per heavy atom. The number of carbonyl (C=O) groups excluding carboxylic acids is 1. The number of nitrogens with one attached hydrogen (secondary N) is 1. The van der Waals surface area contributed by atoms with Gasteiger partial charge in [-0.1, -0.05) is 28.1 Å². The summed E-state index contributed by atoms with van der Waals surface area (Å²) >= 11 is 4.94. The summed E-state index contributed by atoms with van der Waals surface area (Å²) in [5.74, 6) is -0.338. The van der Waals surface area contributed by atoms with E-state index in [0.29, 0.717) is 24.1 Å². The van der Waals surface area contributed by atoms with Gasteiger partial charge in [-0.25, -0.2) is 9.37 Å². The number of benzene rings is 2. The summed E-state index contributed by atoms with van der Waals surface area (Å²) in [5.41, 5.74) is 3.91. The molecule has 1 N–H and O–H groups in total. The molecule has 2 heterocycles. The van der Waals surface area contributed by atoms with Crippen LogP contribution in [0.2, 0.25) is 0 Å². The molecule has 0 unspecified atom stereocenters. The Hall–Kier alpha value is -2.51. The van der Waals surface area contributed by atoms with Crippen LogP contribution in [0, 0.1) is 12.7 Å². The van der Waals surface area contributed by atoms with Crippen molar-refractivity contribution < 1.29 is 9.18 Å². The summed E-state index contributed by atoms with van der Waals surface area (Å²) in [7, 11) is 0. The predicted octanol–water partition coefficient (Wildman–Crippen LogP) is 5.84. The van der Waals surface area contributed by atoms with Crippen LogP contribution in [0.5, 0.6) is 0 Å². The highest BCUT2D eigenvalue weighted by Gasteiger charge is 2.13. The quantitative estimate of drug-likeness (QED) is 0.408. The summed E-state index contributed by atoms with van der Waals surface area (Å²) in [6, 6.07) is 12.3. The molecule has 0 aliphatic heterocycles. The predicted molar refractivity (Wildman–Crippen MR) is 114 cm³/mol. The number of halogens is 2. The van der Waals surface area contributed by atoms with Crippen LogP contribution < -0.4 is 5.32 Å². The second kappa shape index (κ2) is 7.85. The van der Waals surface area contributed by atoms with Gasteiger partial charge in [-0.15, -0.1) is 11.3 Å². The number of carbonyl (C=O) groups is 1. The summed E-state index contributed by atoms with van der Waals surface area (Å²) < 4.78 is 17.0. The molecule has 0 saturated carbocycles. The minimum atomic E-state index is -0.293. The zero-order chi connectivity index (χ0) is 19.7. The molecule has 0 atom stereocenters. The third kappa shape index (κ3) is 3.86. The first-order valence-electron chi connectivity index (χ1n) is 8.77. The standard InChI is InChI=1S/C21H17BrFN3OS/c1-13-10-14(6-8-17(13)22)24-20(27)9-7-15-12-28-21-25-19(11-26(15)21)16-4-2-3-5-18(16)23/h2-6,8,10-12H,7,9H2,1H3,(H,24,27). The number of aromatic nitrogens is 2. The fourth-order valence-electron chi connectivity index (χ4n) is 3.00. The molecule has 2 aromatic carbocycles. The number of rotatable bonds is 5. The molecular weight excluding hydrogens is 441 g/mol. The Bertz CT molecular complexity index is 1170. The van der Waals surface area contributed by atoms with Gasteiger partial charge in [0.1, 0.15) is 5.82 Å². The summed E-state index contributed by atoms with van der Waals surface area (Å²) in [6.45, 7) is 1.98. The van der Waals surface area contributed by atoms with E-state index >= 15 is 0 Å². The number of hydrogen-bond donors (Lipinski definition) is 1. The number of anilines is 1. The van der Waals surface area contributed by atoms with E-state index in [-0.39, 0.29) is 11.7 Å². The fraction of sp³-hybridized carbons (Fsp3) is 0.143. The van der Waals surface area contributed by atoms with Crippen molar-refractivity contribution in [3.8, 4) is 11.3 Å².